The summed E-state index contributed by atoms with van der Waals surface area (Å²) in [4.78, 5) is 2.24. The number of nitrogens with zero attached hydrogens (tertiary/aromatic N) is 1. The summed E-state index contributed by atoms with van der Waals surface area (Å²) < 4.78 is 36.5. The molecule has 1 rings (SSSR count). The van der Waals surface area contributed by atoms with Crippen molar-refractivity contribution in [2.75, 3.05) is 26.2 Å². The smallest absolute Gasteiger partial charge is 0.315 e. The van der Waals surface area contributed by atoms with E-state index in [2.05, 4.69) is 24.1 Å². The highest BCUT2D eigenvalue weighted by molar-refractivity contribution is 4.79. The topological polar surface area (TPSA) is 15.3 Å². The van der Waals surface area contributed by atoms with Crippen molar-refractivity contribution in [2.24, 2.45) is 5.92 Å². The zero-order valence-corrected chi connectivity index (χ0v) is 12.1. The lowest BCUT2D eigenvalue weighted by Gasteiger charge is -2.36. The summed E-state index contributed by atoms with van der Waals surface area (Å²) in [5, 5.41) is 3.43. The lowest BCUT2D eigenvalue weighted by Crippen LogP contribution is -2.46. The molecular weight excluding hydrogens is 253 g/mol. The number of piperidine rings is 1. The highest BCUT2D eigenvalue weighted by Gasteiger charge is 2.28. The molecule has 1 aliphatic rings. The first kappa shape index (κ1) is 16.8. The number of hydrogen-bond acceptors (Lipinski definition) is 2. The van der Waals surface area contributed by atoms with Gasteiger partial charge in [-0.05, 0) is 44.8 Å². The van der Waals surface area contributed by atoms with Crippen molar-refractivity contribution >= 4 is 0 Å². The van der Waals surface area contributed by atoms with Crippen LogP contribution in [0.1, 0.15) is 46.0 Å². The third-order valence-electron chi connectivity index (χ3n) is 3.59. The Morgan fingerprint density at radius 1 is 1.26 bits per heavy atom. The molecular formula is C14H27F3N2. The highest BCUT2D eigenvalue weighted by atomic mass is 19.4. The average Bonchev–Trinajstić information content (AvgIpc) is 2.29. The largest absolute Gasteiger partial charge is 0.389 e. The molecule has 5 heteroatoms. The van der Waals surface area contributed by atoms with Gasteiger partial charge in [-0.25, -0.2) is 0 Å². The van der Waals surface area contributed by atoms with Crippen LogP contribution in [0.3, 0.4) is 0 Å². The van der Waals surface area contributed by atoms with Crippen LogP contribution in [0, 0.1) is 5.92 Å². The first-order chi connectivity index (χ1) is 8.88. The lowest BCUT2D eigenvalue weighted by atomic mass is 10.0. The standard InChI is InChI=1S/C14H27F3N2/c1-12(2)10-18-11-13-6-3-4-8-19(13)9-5-7-14(15,16)17/h12-13,18H,3-11H2,1-2H3. The van der Waals surface area contributed by atoms with Gasteiger partial charge in [-0.3, -0.25) is 4.90 Å². The molecule has 0 aromatic rings. The van der Waals surface area contributed by atoms with Gasteiger partial charge in [0, 0.05) is 19.0 Å². The molecule has 19 heavy (non-hydrogen) atoms. The fraction of sp³-hybridized carbons (Fsp3) is 1.00. The van der Waals surface area contributed by atoms with Crippen LogP contribution in [0.25, 0.3) is 0 Å². The molecule has 1 aliphatic heterocycles. The fourth-order valence-electron chi connectivity index (χ4n) is 2.61. The monoisotopic (exact) mass is 280 g/mol. The SMILES string of the molecule is CC(C)CNCC1CCCCN1CCCC(F)(F)F. The van der Waals surface area contributed by atoms with Crippen molar-refractivity contribution in [1.29, 1.82) is 0 Å². The van der Waals surface area contributed by atoms with E-state index < -0.39 is 12.6 Å². The van der Waals surface area contributed by atoms with Gasteiger partial charge < -0.3 is 5.32 Å². The number of hydrogen-bond donors (Lipinski definition) is 1. The van der Waals surface area contributed by atoms with E-state index in [-0.39, 0.29) is 6.42 Å². The van der Waals surface area contributed by atoms with Crippen LogP contribution in [0.2, 0.25) is 0 Å². The molecule has 1 unspecified atom stereocenters. The van der Waals surface area contributed by atoms with Crippen LogP contribution in [0.15, 0.2) is 0 Å². The minimum absolute atomic E-state index is 0.226. The van der Waals surface area contributed by atoms with E-state index in [0.29, 0.717) is 18.5 Å². The molecule has 2 nitrogen and oxygen atoms in total. The zero-order valence-electron chi connectivity index (χ0n) is 12.1. The minimum Gasteiger partial charge on any atom is -0.315 e. The van der Waals surface area contributed by atoms with Gasteiger partial charge in [-0.15, -0.1) is 0 Å². The number of alkyl halides is 3. The number of nitrogens with one attached hydrogen (secondary N) is 1. The predicted molar refractivity (Wildman–Crippen MR) is 72.2 cm³/mol. The second-order valence-electron chi connectivity index (χ2n) is 5.96. The fourth-order valence-corrected chi connectivity index (χ4v) is 2.61. The second kappa shape index (κ2) is 8.10. The molecule has 1 saturated heterocycles. The number of halogens is 3. The Balaban J connectivity index is 2.27. The summed E-state index contributed by atoms with van der Waals surface area (Å²) in [5.74, 6) is 0.613. The van der Waals surface area contributed by atoms with Gasteiger partial charge in [0.1, 0.15) is 0 Å². The summed E-state index contributed by atoms with van der Waals surface area (Å²) in [5.41, 5.74) is 0. The Morgan fingerprint density at radius 2 is 2.00 bits per heavy atom. The third-order valence-corrected chi connectivity index (χ3v) is 3.59. The van der Waals surface area contributed by atoms with E-state index in [4.69, 9.17) is 0 Å². The van der Waals surface area contributed by atoms with E-state index in [1.54, 1.807) is 0 Å². The van der Waals surface area contributed by atoms with Gasteiger partial charge in [0.25, 0.3) is 0 Å². The van der Waals surface area contributed by atoms with E-state index in [1.807, 2.05) is 0 Å². The van der Waals surface area contributed by atoms with Gasteiger partial charge in [0.05, 0.1) is 0 Å². The summed E-state index contributed by atoms with van der Waals surface area (Å²) >= 11 is 0. The maximum Gasteiger partial charge on any atom is 0.389 e. The number of rotatable bonds is 7. The van der Waals surface area contributed by atoms with E-state index in [0.717, 1.165) is 32.5 Å². The molecule has 1 heterocycles. The van der Waals surface area contributed by atoms with Crippen molar-refractivity contribution in [3.8, 4) is 0 Å². The van der Waals surface area contributed by atoms with Gasteiger partial charge in [-0.1, -0.05) is 20.3 Å². The molecule has 0 aliphatic carbocycles. The third kappa shape index (κ3) is 7.78. The second-order valence-corrected chi connectivity index (χ2v) is 5.96. The zero-order chi connectivity index (χ0) is 14.3. The summed E-state index contributed by atoms with van der Waals surface area (Å²) in [6.07, 6.45) is -1.02. The molecule has 1 N–H and O–H groups in total. The Labute approximate surface area is 114 Å². The van der Waals surface area contributed by atoms with Gasteiger partial charge >= 0.3 is 6.18 Å². The highest BCUT2D eigenvalue weighted by Crippen LogP contribution is 2.23. The summed E-state index contributed by atoms with van der Waals surface area (Å²) in [7, 11) is 0. The molecule has 0 amide bonds. The van der Waals surface area contributed by atoms with Crippen LogP contribution in [0.5, 0.6) is 0 Å². The molecule has 0 saturated carbocycles. The van der Waals surface area contributed by atoms with Crippen LogP contribution in [-0.2, 0) is 0 Å². The summed E-state index contributed by atoms with van der Waals surface area (Å²) in [6.45, 7) is 7.74. The molecule has 0 bridgehead atoms. The Bertz CT molecular complexity index is 241. The van der Waals surface area contributed by atoms with Crippen molar-refractivity contribution in [1.82, 2.24) is 10.2 Å². The normalized spacial score (nSPS) is 22.1. The Hall–Kier alpha value is -0.290. The van der Waals surface area contributed by atoms with Crippen LogP contribution >= 0.6 is 0 Å². The van der Waals surface area contributed by atoms with Crippen LogP contribution in [-0.4, -0.2) is 43.3 Å². The van der Waals surface area contributed by atoms with Crippen LogP contribution in [0.4, 0.5) is 13.2 Å². The van der Waals surface area contributed by atoms with E-state index in [9.17, 15) is 13.2 Å². The van der Waals surface area contributed by atoms with Gasteiger partial charge in [-0.2, -0.15) is 13.2 Å². The molecule has 1 fully saturated rings. The van der Waals surface area contributed by atoms with Crippen molar-refractivity contribution in [3.05, 3.63) is 0 Å². The molecule has 0 radical (unpaired) electrons. The first-order valence-corrected chi connectivity index (χ1v) is 7.40. The van der Waals surface area contributed by atoms with Crippen LogP contribution < -0.4 is 5.32 Å². The Morgan fingerprint density at radius 3 is 2.63 bits per heavy atom. The lowest BCUT2D eigenvalue weighted by molar-refractivity contribution is -0.136. The summed E-state index contributed by atoms with van der Waals surface area (Å²) in [6, 6.07) is 0.417. The number of likely N-dealkylation sites (tertiary alicyclic amines) is 1. The van der Waals surface area contributed by atoms with E-state index >= 15 is 0 Å². The van der Waals surface area contributed by atoms with Gasteiger partial charge in [0.15, 0.2) is 0 Å². The van der Waals surface area contributed by atoms with Gasteiger partial charge in [0.2, 0.25) is 0 Å². The maximum atomic E-state index is 12.2. The molecule has 114 valence electrons. The van der Waals surface area contributed by atoms with E-state index in [1.165, 1.54) is 6.42 Å². The van der Waals surface area contributed by atoms with Crippen molar-refractivity contribution in [3.63, 3.8) is 0 Å². The van der Waals surface area contributed by atoms with Crippen molar-refractivity contribution in [2.45, 2.75) is 58.2 Å². The quantitative estimate of drug-likeness (QED) is 0.768. The molecule has 0 spiro atoms. The minimum atomic E-state index is -4.01. The van der Waals surface area contributed by atoms with Crippen molar-refractivity contribution < 1.29 is 13.2 Å². The molecule has 0 aromatic carbocycles. The average molecular weight is 280 g/mol. The molecule has 0 aromatic heterocycles. The molecule has 1 atom stereocenters. The predicted octanol–water partition coefficient (Wildman–Crippen LogP) is 3.43. The first-order valence-electron chi connectivity index (χ1n) is 7.40. The maximum absolute atomic E-state index is 12.2. The Kier molecular flexibility index (Phi) is 7.15.